The number of hydrogen-bond donors (Lipinski definition) is 2. The molecule has 0 saturated carbocycles. The zero-order chi connectivity index (χ0) is 12.3. The maximum absolute atomic E-state index is 13.4. The van der Waals surface area contributed by atoms with E-state index in [1.165, 1.54) is 0 Å². The van der Waals surface area contributed by atoms with Gasteiger partial charge in [-0.2, -0.15) is 9.37 Å². The number of halogens is 1. The summed E-state index contributed by atoms with van der Waals surface area (Å²) in [4.78, 5) is 7.37. The van der Waals surface area contributed by atoms with Crippen molar-refractivity contribution in [2.24, 2.45) is 5.84 Å². The average molecular weight is 234 g/mol. The molecule has 0 aliphatic carbocycles. The minimum absolute atomic E-state index is 0.0912. The van der Waals surface area contributed by atoms with E-state index in [9.17, 15) is 4.39 Å². The Morgan fingerprint density at radius 1 is 1.29 bits per heavy atom. The van der Waals surface area contributed by atoms with Gasteiger partial charge >= 0.3 is 0 Å². The lowest BCUT2D eigenvalue weighted by molar-refractivity contribution is 0.420. The van der Waals surface area contributed by atoms with Crippen molar-refractivity contribution in [1.29, 1.82) is 0 Å². The Labute approximate surface area is 97.4 Å². The van der Waals surface area contributed by atoms with E-state index in [0.717, 1.165) is 11.8 Å². The van der Waals surface area contributed by atoms with E-state index in [-0.39, 0.29) is 11.8 Å². The smallest absolute Gasteiger partial charge is 0.260 e. The van der Waals surface area contributed by atoms with Crippen molar-refractivity contribution in [1.82, 2.24) is 9.97 Å². The largest absolute Gasteiger partial charge is 0.436 e. The van der Waals surface area contributed by atoms with Gasteiger partial charge in [0, 0.05) is 0 Å². The van der Waals surface area contributed by atoms with Gasteiger partial charge in [0.1, 0.15) is 5.75 Å². The molecule has 6 heteroatoms. The maximum Gasteiger partial charge on any atom is 0.260 e. The highest BCUT2D eigenvalue weighted by Crippen LogP contribution is 2.22. The molecule has 0 aliphatic rings. The van der Waals surface area contributed by atoms with Crippen LogP contribution in [0.15, 0.2) is 30.5 Å². The predicted molar refractivity (Wildman–Crippen MR) is 61.1 cm³/mol. The molecule has 0 saturated heterocycles. The highest BCUT2D eigenvalue weighted by Gasteiger charge is 2.08. The van der Waals surface area contributed by atoms with Crippen LogP contribution in [0.3, 0.4) is 0 Å². The Kier molecular flexibility index (Phi) is 3.15. The number of hydrogen-bond acceptors (Lipinski definition) is 5. The molecule has 0 fully saturated rings. The Morgan fingerprint density at radius 2 is 2.00 bits per heavy atom. The zero-order valence-corrected chi connectivity index (χ0v) is 9.14. The number of rotatable bonds is 3. The van der Waals surface area contributed by atoms with Crippen LogP contribution in [0.25, 0.3) is 0 Å². The third kappa shape index (κ3) is 2.67. The summed E-state index contributed by atoms with van der Waals surface area (Å²) >= 11 is 0. The number of ether oxygens (including phenoxy) is 1. The van der Waals surface area contributed by atoms with Crippen LogP contribution < -0.4 is 16.0 Å². The topological polar surface area (TPSA) is 73.1 Å². The van der Waals surface area contributed by atoms with Gasteiger partial charge in [-0.25, -0.2) is 10.8 Å². The van der Waals surface area contributed by atoms with Gasteiger partial charge < -0.3 is 4.74 Å². The molecule has 2 aromatic rings. The van der Waals surface area contributed by atoms with Crippen molar-refractivity contribution in [2.45, 2.75) is 6.92 Å². The van der Waals surface area contributed by atoms with Gasteiger partial charge in [-0.05, 0) is 19.1 Å². The summed E-state index contributed by atoms with van der Waals surface area (Å²) < 4.78 is 18.6. The third-order valence-corrected chi connectivity index (χ3v) is 2.08. The number of aromatic nitrogens is 2. The van der Waals surface area contributed by atoms with Gasteiger partial charge in [0.05, 0.1) is 6.20 Å². The molecule has 2 rings (SSSR count). The third-order valence-electron chi connectivity index (χ3n) is 2.08. The number of benzene rings is 1. The first kappa shape index (κ1) is 11.3. The molecule has 17 heavy (non-hydrogen) atoms. The molecule has 1 heterocycles. The van der Waals surface area contributed by atoms with Gasteiger partial charge in [-0.3, -0.25) is 5.43 Å². The molecule has 0 radical (unpaired) electrons. The van der Waals surface area contributed by atoms with Crippen molar-refractivity contribution in [2.75, 3.05) is 5.43 Å². The van der Waals surface area contributed by atoms with E-state index < -0.39 is 5.82 Å². The Morgan fingerprint density at radius 3 is 2.65 bits per heavy atom. The lowest BCUT2D eigenvalue weighted by Gasteiger charge is -2.06. The summed E-state index contributed by atoms with van der Waals surface area (Å²) in [6, 6.07) is 7.17. The minimum Gasteiger partial charge on any atom is -0.436 e. The fourth-order valence-electron chi connectivity index (χ4n) is 1.21. The van der Waals surface area contributed by atoms with E-state index in [4.69, 9.17) is 10.6 Å². The van der Waals surface area contributed by atoms with E-state index >= 15 is 0 Å². The number of nitrogens with zero attached hydrogens (tertiary/aromatic N) is 2. The molecule has 0 amide bonds. The van der Waals surface area contributed by atoms with Crippen LogP contribution in [0.5, 0.6) is 11.6 Å². The van der Waals surface area contributed by atoms with Crippen LogP contribution in [0.1, 0.15) is 5.56 Å². The summed E-state index contributed by atoms with van der Waals surface area (Å²) in [6.07, 6.45) is 0.992. The second-order valence-corrected chi connectivity index (χ2v) is 3.41. The lowest BCUT2D eigenvalue weighted by Crippen LogP contribution is -2.11. The van der Waals surface area contributed by atoms with Gasteiger partial charge in [-0.1, -0.05) is 17.7 Å². The van der Waals surface area contributed by atoms with E-state index in [0.29, 0.717) is 5.75 Å². The second-order valence-electron chi connectivity index (χ2n) is 3.41. The highest BCUT2D eigenvalue weighted by atomic mass is 19.1. The number of hydrazine groups is 1. The van der Waals surface area contributed by atoms with E-state index in [1.807, 2.05) is 19.1 Å². The molecule has 0 bridgehead atoms. The van der Waals surface area contributed by atoms with Gasteiger partial charge in [0.25, 0.3) is 5.88 Å². The minimum atomic E-state index is -0.649. The standard InChI is InChI=1S/C11H11FN4O/c1-7-2-4-8(5-3-7)17-10-9(12)6-14-11(15-10)16-13/h2-6H,13H2,1H3,(H,14,15,16). The highest BCUT2D eigenvalue weighted by molar-refractivity contribution is 5.32. The molecular weight excluding hydrogens is 223 g/mol. The van der Waals surface area contributed by atoms with Crippen molar-refractivity contribution in [3.8, 4) is 11.6 Å². The summed E-state index contributed by atoms with van der Waals surface area (Å²) in [7, 11) is 0. The number of anilines is 1. The second kappa shape index (κ2) is 4.75. The maximum atomic E-state index is 13.4. The molecule has 0 aliphatic heterocycles. The monoisotopic (exact) mass is 234 g/mol. The number of aryl methyl sites for hydroxylation is 1. The SMILES string of the molecule is Cc1ccc(Oc2nc(NN)ncc2F)cc1. The normalized spacial score (nSPS) is 10.1. The van der Waals surface area contributed by atoms with Crippen LogP contribution in [-0.4, -0.2) is 9.97 Å². The molecule has 88 valence electrons. The summed E-state index contributed by atoms with van der Waals surface area (Å²) in [5.74, 6) is 4.90. The van der Waals surface area contributed by atoms with Gasteiger partial charge in [0.15, 0.2) is 0 Å². The zero-order valence-electron chi connectivity index (χ0n) is 9.14. The molecule has 3 N–H and O–H groups in total. The van der Waals surface area contributed by atoms with Crippen LogP contribution in [0.4, 0.5) is 10.3 Å². The Bertz CT molecular complexity index is 515. The number of nitrogens with two attached hydrogens (primary N) is 1. The van der Waals surface area contributed by atoms with Crippen molar-refractivity contribution in [3.63, 3.8) is 0 Å². The number of nitrogens with one attached hydrogen (secondary N) is 1. The first-order chi connectivity index (χ1) is 8.19. The fourth-order valence-corrected chi connectivity index (χ4v) is 1.21. The molecular formula is C11H11FN4O. The quantitative estimate of drug-likeness (QED) is 0.627. The van der Waals surface area contributed by atoms with Crippen LogP contribution >= 0.6 is 0 Å². The van der Waals surface area contributed by atoms with E-state index in [2.05, 4.69) is 15.4 Å². The fraction of sp³-hybridized carbons (Fsp3) is 0.0909. The molecule has 0 spiro atoms. The van der Waals surface area contributed by atoms with Crippen molar-refractivity contribution < 1.29 is 9.13 Å². The molecule has 0 unspecified atom stereocenters. The first-order valence-corrected chi connectivity index (χ1v) is 4.92. The van der Waals surface area contributed by atoms with Crippen LogP contribution in [0, 0.1) is 12.7 Å². The molecule has 1 aromatic heterocycles. The Balaban J connectivity index is 2.25. The molecule has 5 nitrogen and oxygen atoms in total. The van der Waals surface area contributed by atoms with Crippen molar-refractivity contribution in [3.05, 3.63) is 41.8 Å². The average Bonchev–Trinajstić information content (AvgIpc) is 2.35. The number of nitrogen functional groups attached to an aromatic ring is 1. The Hall–Kier alpha value is -2.21. The molecule has 1 aromatic carbocycles. The molecule has 0 atom stereocenters. The summed E-state index contributed by atoms with van der Waals surface area (Å²) in [6.45, 7) is 1.95. The van der Waals surface area contributed by atoms with Gasteiger partial charge in [-0.15, -0.1) is 0 Å². The van der Waals surface area contributed by atoms with Gasteiger partial charge in [0.2, 0.25) is 11.8 Å². The van der Waals surface area contributed by atoms with Crippen molar-refractivity contribution >= 4 is 5.95 Å². The van der Waals surface area contributed by atoms with E-state index in [1.54, 1.807) is 12.1 Å². The predicted octanol–water partition coefficient (Wildman–Crippen LogP) is 2.00. The first-order valence-electron chi connectivity index (χ1n) is 4.92. The summed E-state index contributed by atoms with van der Waals surface area (Å²) in [5.41, 5.74) is 3.31. The lowest BCUT2D eigenvalue weighted by atomic mass is 10.2. The van der Waals surface area contributed by atoms with Crippen LogP contribution in [0.2, 0.25) is 0 Å². The van der Waals surface area contributed by atoms with Crippen LogP contribution in [-0.2, 0) is 0 Å². The summed E-state index contributed by atoms with van der Waals surface area (Å²) in [5, 5.41) is 0.